The molecule has 2 atom stereocenters. The molecule has 0 saturated heterocycles. The van der Waals surface area contributed by atoms with Gasteiger partial charge in [0.25, 0.3) is 0 Å². The average Bonchev–Trinajstić information content (AvgIpc) is 2.52. The molecule has 1 N–H and O–H groups in total. The summed E-state index contributed by atoms with van der Waals surface area (Å²) in [5.74, 6) is -2.44. The number of esters is 2. The van der Waals surface area contributed by atoms with Crippen molar-refractivity contribution in [1.82, 2.24) is 5.32 Å². The van der Waals surface area contributed by atoms with Gasteiger partial charge in [0.1, 0.15) is 11.5 Å². The molecule has 0 spiro atoms. The highest BCUT2D eigenvalue weighted by Gasteiger charge is 2.32. The zero-order chi connectivity index (χ0) is 20.3. The van der Waals surface area contributed by atoms with E-state index in [-0.39, 0.29) is 18.8 Å². The number of rotatable bonds is 10. The van der Waals surface area contributed by atoms with Crippen LogP contribution in [0, 0.1) is 5.92 Å². The molecule has 0 rings (SSSR count). The number of unbranched alkanes of at least 4 members (excludes halogenated alkanes) is 1. The molecule has 0 fully saturated rings. The SMILES string of the molecule is CCOC(=O)CCCC[C@H](C(=O)OC)C(=O)[C@H](C)NC(=O)OC(C)(C)C. The topological polar surface area (TPSA) is 108 Å². The van der Waals surface area contributed by atoms with E-state index in [4.69, 9.17) is 14.2 Å². The molecule has 0 aliphatic rings. The third-order valence-corrected chi connectivity index (χ3v) is 3.42. The van der Waals surface area contributed by atoms with Crippen LogP contribution >= 0.6 is 0 Å². The van der Waals surface area contributed by atoms with Crippen LogP contribution in [0.2, 0.25) is 0 Å². The first-order valence-electron chi connectivity index (χ1n) is 8.78. The summed E-state index contributed by atoms with van der Waals surface area (Å²) in [5.41, 5.74) is -0.693. The van der Waals surface area contributed by atoms with Gasteiger partial charge in [0, 0.05) is 6.42 Å². The Morgan fingerprint density at radius 2 is 1.69 bits per heavy atom. The van der Waals surface area contributed by atoms with E-state index >= 15 is 0 Å². The molecule has 0 aromatic rings. The maximum atomic E-state index is 12.5. The highest BCUT2D eigenvalue weighted by atomic mass is 16.6. The van der Waals surface area contributed by atoms with Crippen LogP contribution in [0.4, 0.5) is 4.79 Å². The van der Waals surface area contributed by atoms with Gasteiger partial charge in [0.05, 0.1) is 19.8 Å². The van der Waals surface area contributed by atoms with Gasteiger partial charge in [-0.15, -0.1) is 0 Å². The van der Waals surface area contributed by atoms with Gasteiger partial charge in [-0.2, -0.15) is 0 Å². The highest BCUT2D eigenvalue weighted by Crippen LogP contribution is 2.16. The first kappa shape index (κ1) is 23.9. The first-order valence-corrected chi connectivity index (χ1v) is 8.78. The van der Waals surface area contributed by atoms with Crippen molar-refractivity contribution in [3.63, 3.8) is 0 Å². The van der Waals surface area contributed by atoms with E-state index in [0.29, 0.717) is 19.4 Å². The number of ether oxygens (including phenoxy) is 3. The molecular weight excluding hydrogens is 342 g/mol. The molecule has 0 bridgehead atoms. The summed E-state index contributed by atoms with van der Waals surface area (Å²) in [6.07, 6.45) is 0.688. The molecule has 0 heterocycles. The standard InChI is InChI=1S/C18H31NO7/c1-7-25-14(20)11-9-8-10-13(16(22)24-6)15(21)12(2)19-17(23)26-18(3,4)5/h12-13H,7-11H2,1-6H3,(H,19,23)/t12-,13-/m0/s1. The summed E-state index contributed by atoms with van der Waals surface area (Å²) in [5, 5.41) is 2.43. The smallest absolute Gasteiger partial charge is 0.408 e. The number of nitrogens with one attached hydrogen (secondary N) is 1. The zero-order valence-electron chi connectivity index (χ0n) is 16.5. The fourth-order valence-electron chi connectivity index (χ4n) is 2.23. The minimum Gasteiger partial charge on any atom is -0.468 e. The second kappa shape index (κ2) is 11.5. The minimum absolute atomic E-state index is 0.224. The van der Waals surface area contributed by atoms with E-state index in [1.165, 1.54) is 14.0 Å². The fourth-order valence-corrected chi connectivity index (χ4v) is 2.23. The number of carbonyl (C=O) groups excluding carboxylic acids is 4. The lowest BCUT2D eigenvalue weighted by Gasteiger charge is -2.23. The molecule has 26 heavy (non-hydrogen) atoms. The number of ketones is 1. The first-order chi connectivity index (χ1) is 12.0. The summed E-state index contributed by atoms with van der Waals surface area (Å²) in [6.45, 7) is 8.65. The van der Waals surface area contributed by atoms with Crippen molar-refractivity contribution in [2.24, 2.45) is 5.92 Å². The van der Waals surface area contributed by atoms with E-state index < -0.39 is 35.4 Å². The largest absolute Gasteiger partial charge is 0.468 e. The van der Waals surface area contributed by atoms with Gasteiger partial charge in [-0.25, -0.2) is 4.79 Å². The van der Waals surface area contributed by atoms with E-state index in [0.717, 1.165) is 0 Å². The van der Waals surface area contributed by atoms with Crippen molar-refractivity contribution < 1.29 is 33.4 Å². The summed E-state index contributed by atoms with van der Waals surface area (Å²) < 4.78 is 14.6. The average molecular weight is 373 g/mol. The number of Topliss-reactive ketones (excluding diaryl/α,β-unsaturated/α-hetero) is 1. The molecule has 150 valence electrons. The molecule has 8 heteroatoms. The molecular formula is C18H31NO7. The normalized spacial score (nSPS) is 13.3. The Hall–Kier alpha value is -2.12. The predicted octanol–water partition coefficient (Wildman–Crippen LogP) is 2.38. The molecule has 0 aliphatic carbocycles. The Labute approximate surface area is 154 Å². The molecule has 0 aromatic heterocycles. The van der Waals surface area contributed by atoms with Crippen molar-refractivity contribution >= 4 is 23.8 Å². The lowest BCUT2D eigenvalue weighted by Crippen LogP contribution is -2.45. The van der Waals surface area contributed by atoms with Crippen LogP contribution in [-0.4, -0.2) is 49.2 Å². The Bertz CT molecular complexity index is 496. The zero-order valence-corrected chi connectivity index (χ0v) is 16.5. The molecule has 8 nitrogen and oxygen atoms in total. The van der Waals surface area contributed by atoms with Crippen molar-refractivity contribution in [1.29, 1.82) is 0 Å². The van der Waals surface area contributed by atoms with Crippen LogP contribution in [0.1, 0.15) is 60.3 Å². The maximum absolute atomic E-state index is 12.5. The third-order valence-electron chi connectivity index (χ3n) is 3.42. The van der Waals surface area contributed by atoms with Crippen molar-refractivity contribution in [2.45, 2.75) is 71.9 Å². The van der Waals surface area contributed by atoms with E-state index in [2.05, 4.69) is 5.32 Å². The number of alkyl carbamates (subject to hydrolysis) is 1. The molecule has 1 amide bonds. The number of methoxy groups -OCH3 is 1. The monoisotopic (exact) mass is 373 g/mol. The number of carbonyl (C=O) groups is 4. The Morgan fingerprint density at radius 1 is 1.08 bits per heavy atom. The molecule has 0 aromatic carbocycles. The van der Waals surface area contributed by atoms with Gasteiger partial charge in [-0.05, 0) is 47.5 Å². The van der Waals surface area contributed by atoms with Gasteiger partial charge < -0.3 is 19.5 Å². The van der Waals surface area contributed by atoms with Gasteiger partial charge >= 0.3 is 18.0 Å². The second-order valence-corrected chi connectivity index (χ2v) is 6.90. The summed E-state index contributed by atoms with van der Waals surface area (Å²) in [4.78, 5) is 47.5. The van der Waals surface area contributed by atoms with Crippen LogP contribution in [0.5, 0.6) is 0 Å². The van der Waals surface area contributed by atoms with Crippen LogP contribution in [-0.2, 0) is 28.6 Å². The van der Waals surface area contributed by atoms with E-state index in [1.54, 1.807) is 27.7 Å². The van der Waals surface area contributed by atoms with E-state index in [1.807, 2.05) is 0 Å². The minimum atomic E-state index is -1.01. The quantitative estimate of drug-likeness (QED) is 0.271. The summed E-state index contributed by atoms with van der Waals surface area (Å²) in [6, 6.07) is -0.904. The number of hydrogen-bond acceptors (Lipinski definition) is 7. The number of amides is 1. The van der Waals surface area contributed by atoms with Crippen molar-refractivity contribution in [3.05, 3.63) is 0 Å². The molecule has 0 saturated carbocycles. The summed E-state index contributed by atoms with van der Waals surface area (Å²) in [7, 11) is 1.20. The van der Waals surface area contributed by atoms with Crippen molar-refractivity contribution in [2.75, 3.05) is 13.7 Å². The highest BCUT2D eigenvalue weighted by molar-refractivity contribution is 6.02. The molecule has 0 radical (unpaired) electrons. The van der Waals surface area contributed by atoms with Crippen LogP contribution < -0.4 is 5.32 Å². The van der Waals surface area contributed by atoms with Crippen LogP contribution in [0.15, 0.2) is 0 Å². The Balaban J connectivity index is 4.65. The van der Waals surface area contributed by atoms with E-state index in [9.17, 15) is 19.2 Å². The van der Waals surface area contributed by atoms with Crippen LogP contribution in [0.3, 0.4) is 0 Å². The Morgan fingerprint density at radius 3 is 2.19 bits per heavy atom. The van der Waals surface area contributed by atoms with Crippen molar-refractivity contribution in [3.8, 4) is 0 Å². The van der Waals surface area contributed by atoms with Gasteiger partial charge in [-0.3, -0.25) is 14.4 Å². The third kappa shape index (κ3) is 10.0. The molecule has 0 aliphatic heterocycles. The van der Waals surface area contributed by atoms with Gasteiger partial charge in [0.2, 0.25) is 0 Å². The lowest BCUT2D eigenvalue weighted by molar-refractivity contribution is -0.150. The van der Waals surface area contributed by atoms with Gasteiger partial charge in [0.15, 0.2) is 5.78 Å². The number of hydrogen-bond donors (Lipinski definition) is 1. The maximum Gasteiger partial charge on any atom is 0.408 e. The lowest BCUT2D eigenvalue weighted by atomic mass is 9.93. The van der Waals surface area contributed by atoms with Gasteiger partial charge in [-0.1, -0.05) is 6.42 Å². The predicted molar refractivity (Wildman–Crippen MR) is 94.4 cm³/mol. The molecule has 0 unspecified atom stereocenters. The second-order valence-electron chi connectivity index (χ2n) is 6.90. The fraction of sp³-hybridized carbons (Fsp3) is 0.778. The Kier molecular flexibility index (Phi) is 10.6. The summed E-state index contributed by atoms with van der Waals surface area (Å²) >= 11 is 0. The van der Waals surface area contributed by atoms with Crippen LogP contribution in [0.25, 0.3) is 0 Å².